The number of allylic oxidation sites excluding steroid dienone is 4. The van der Waals surface area contributed by atoms with Gasteiger partial charge in [0.05, 0.1) is 6.54 Å². The van der Waals surface area contributed by atoms with Gasteiger partial charge in [0.2, 0.25) is 0 Å². The lowest BCUT2D eigenvalue weighted by molar-refractivity contribution is 0.475. The molecule has 1 aliphatic heterocycles. The van der Waals surface area contributed by atoms with Gasteiger partial charge < -0.3 is 10.4 Å². The minimum absolute atomic E-state index is 0.239. The average Bonchev–Trinajstić information content (AvgIpc) is 2.44. The van der Waals surface area contributed by atoms with E-state index in [2.05, 4.69) is 21.9 Å². The summed E-state index contributed by atoms with van der Waals surface area (Å²) < 4.78 is 0. The van der Waals surface area contributed by atoms with E-state index in [0.717, 1.165) is 22.9 Å². The Bertz CT molecular complexity index is 607. The number of anilines is 1. The zero-order valence-corrected chi connectivity index (χ0v) is 11.4. The van der Waals surface area contributed by atoms with Crippen molar-refractivity contribution in [2.24, 2.45) is 9.98 Å². The Kier molecular flexibility index (Phi) is 4.50. The van der Waals surface area contributed by atoms with E-state index in [4.69, 9.17) is 0 Å². The van der Waals surface area contributed by atoms with Gasteiger partial charge in [-0.25, -0.2) is 4.99 Å². The molecule has 0 unspecified atom stereocenters. The van der Waals surface area contributed by atoms with E-state index in [9.17, 15) is 5.11 Å². The van der Waals surface area contributed by atoms with Crippen molar-refractivity contribution in [3.8, 4) is 5.75 Å². The van der Waals surface area contributed by atoms with Gasteiger partial charge in [-0.3, -0.25) is 4.99 Å². The number of rotatable bonds is 3. The van der Waals surface area contributed by atoms with Gasteiger partial charge in [0.25, 0.3) is 0 Å². The number of hydrogen-bond donors (Lipinski definition) is 2. The smallest absolute Gasteiger partial charge is 0.137 e. The van der Waals surface area contributed by atoms with Crippen molar-refractivity contribution in [1.82, 2.24) is 0 Å². The molecule has 0 aliphatic carbocycles. The van der Waals surface area contributed by atoms with Crippen LogP contribution in [0.3, 0.4) is 0 Å². The first kappa shape index (κ1) is 13.8. The third kappa shape index (κ3) is 3.68. The van der Waals surface area contributed by atoms with Crippen LogP contribution < -0.4 is 5.32 Å². The van der Waals surface area contributed by atoms with Crippen LogP contribution in [0.5, 0.6) is 5.75 Å². The molecule has 1 heterocycles. The Morgan fingerprint density at radius 3 is 2.70 bits per heavy atom. The molecule has 0 atom stereocenters. The van der Waals surface area contributed by atoms with Crippen LogP contribution in [0.25, 0.3) is 0 Å². The molecule has 4 heteroatoms. The Morgan fingerprint density at radius 2 is 2.00 bits per heavy atom. The van der Waals surface area contributed by atoms with Crippen LogP contribution in [0.2, 0.25) is 0 Å². The number of phenols is 1. The van der Waals surface area contributed by atoms with E-state index in [1.807, 2.05) is 25.2 Å². The monoisotopic (exact) mass is 267 g/mol. The predicted octanol–water partition coefficient (Wildman–Crippen LogP) is 3.30. The summed E-state index contributed by atoms with van der Waals surface area (Å²) in [5.74, 6) is 1.76. The Labute approximate surface area is 118 Å². The van der Waals surface area contributed by atoms with E-state index < -0.39 is 0 Å². The van der Waals surface area contributed by atoms with Gasteiger partial charge in [-0.05, 0) is 31.2 Å². The summed E-state index contributed by atoms with van der Waals surface area (Å²) >= 11 is 0. The zero-order chi connectivity index (χ0) is 14.4. The lowest BCUT2D eigenvalue weighted by Gasteiger charge is -2.15. The maximum absolute atomic E-state index is 9.29. The highest BCUT2D eigenvalue weighted by Gasteiger charge is 2.11. The molecular weight excluding hydrogens is 250 g/mol. The third-order valence-corrected chi connectivity index (χ3v) is 2.73. The molecular formula is C16H17N3O. The molecule has 2 rings (SSSR count). The molecule has 1 aliphatic rings. The van der Waals surface area contributed by atoms with Gasteiger partial charge in [0.15, 0.2) is 0 Å². The molecule has 4 nitrogen and oxygen atoms in total. The fraction of sp³-hybridized carbons (Fsp3) is 0.125. The standard InChI is InChI=1S/C16H17N3O/c1-3-4-5-6-13-11-17-12(2)18-16(13)19-14-7-9-15(20)10-8-14/h3-10,20H,1,11H2,2H3,(H,17,18,19)/b5-4-,13-6+. The molecule has 0 amide bonds. The first-order valence-corrected chi connectivity index (χ1v) is 6.33. The van der Waals surface area contributed by atoms with Crippen molar-refractivity contribution < 1.29 is 5.11 Å². The minimum atomic E-state index is 0.239. The highest BCUT2D eigenvalue weighted by molar-refractivity contribution is 6.14. The zero-order valence-electron chi connectivity index (χ0n) is 11.4. The molecule has 0 fully saturated rings. The van der Waals surface area contributed by atoms with Gasteiger partial charge in [0, 0.05) is 11.3 Å². The largest absolute Gasteiger partial charge is 0.508 e. The quantitative estimate of drug-likeness (QED) is 0.652. The molecule has 0 spiro atoms. The first-order chi connectivity index (χ1) is 9.69. The van der Waals surface area contributed by atoms with Crippen LogP contribution in [0.4, 0.5) is 5.69 Å². The second-order valence-electron chi connectivity index (χ2n) is 4.31. The number of nitrogens with zero attached hydrogens (tertiary/aromatic N) is 2. The molecule has 0 saturated carbocycles. The summed E-state index contributed by atoms with van der Waals surface area (Å²) in [6, 6.07) is 6.87. The molecule has 20 heavy (non-hydrogen) atoms. The number of hydrogen-bond acceptors (Lipinski definition) is 4. The molecule has 0 bridgehead atoms. The highest BCUT2D eigenvalue weighted by Crippen LogP contribution is 2.16. The molecule has 102 valence electrons. The van der Waals surface area contributed by atoms with Crippen molar-refractivity contribution >= 4 is 17.4 Å². The van der Waals surface area contributed by atoms with Gasteiger partial charge in [-0.1, -0.05) is 30.9 Å². The fourth-order valence-electron chi connectivity index (χ4n) is 1.72. The number of nitrogens with one attached hydrogen (secondary N) is 1. The molecule has 0 aromatic heterocycles. The second kappa shape index (κ2) is 6.52. The third-order valence-electron chi connectivity index (χ3n) is 2.73. The van der Waals surface area contributed by atoms with Crippen molar-refractivity contribution in [3.05, 3.63) is 60.7 Å². The van der Waals surface area contributed by atoms with Crippen molar-refractivity contribution in [1.29, 1.82) is 0 Å². The second-order valence-corrected chi connectivity index (χ2v) is 4.31. The summed E-state index contributed by atoms with van der Waals surface area (Å²) in [6.07, 6.45) is 7.45. The maximum atomic E-state index is 9.29. The molecule has 2 N–H and O–H groups in total. The lowest BCUT2D eigenvalue weighted by atomic mass is 10.2. The summed E-state index contributed by atoms with van der Waals surface area (Å²) in [6.45, 7) is 6.10. The van der Waals surface area contributed by atoms with E-state index in [1.165, 1.54) is 0 Å². The van der Waals surface area contributed by atoms with Crippen molar-refractivity contribution in [2.75, 3.05) is 11.9 Å². The highest BCUT2D eigenvalue weighted by atomic mass is 16.3. The summed E-state index contributed by atoms with van der Waals surface area (Å²) in [7, 11) is 0. The van der Waals surface area contributed by atoms with Gasteiger partial charge in [-0.15, -0.1) is 0 Å². The van der Waals surface area contributed by atoms with Crippen LogP contribution in [0.15, 0.2) is 70.7 Å². The summed E-state index contributed by atoms with van der Waals surface area (Å²) in [4.78, 5) is 8.74. The predicted molar refractivity (Wildman–Crippen MR) is 84.6 cm³/mol. The summed E-state index contributed by atoms with van der Waals surface area (Å²) in [5.41, 5.74) is 1.87. The molecule has 0 saturated heterocycles. The maximum Gasteiger partial charge on any atom is 0.137 e. The summed E-state index contributed by atoms with van der Waals surface area (Å²) in [5, 5.41) is 12.5. The lowest BCUT2D eigenvalue weighted by Crippen LogP contribution is -2.21. The molecule has 1 aromatic rings. The van der Waals surface area contributed by atoms with Crippen molar-refractivity contribution in [3.63, 3.8) is 0 Å². The number of aromatic hydroxyl groups is 1. The Morgan fingerprint density at radius 1 is 1.25 bits per heavy atom. The molecule has 1 aromatic carbocycles. The fourth-order valence-corrected chi connectivity index (χ4v) is 1.72. The van der Waals surface area contributed by atoms with Crippen LogP contribution in [0, 0.1) is 0 Å². The number of phenolic OH excluding ortho intramolecular Hbond substituents is 1. The van der Waals surface area contributed by atoms with Gasteiger partial charge in [-0.2, -0.15) is 0 Å². The van der Waals surface area contributed by atoms with Crippen LogP contribution in [0.1, 0.15) is 6.92 Å². The number of amidine groups is 2. The van der Waals surface area contributed by atoms with E-state index in [1.54, 1.807) is 30.3 Å². The Hall–Kier alpha value is -2.62. The van der Waals surface area contributed by atoms with Gasteiger partial charge in [0.1, 0.15) is 17.4 Å². The van der Waals surface area contributed by atoms with E-state index >= 15 is 0 Å². The van der Waals surface area contributed by atoms with Crippen LogP contribution >= 0.6 is 0 Å². The van der Waals surface area contributed by atoms with Crippen LogP contribution in [-0.4, -0.2) is 23.3 Å². The molecule has 0 radical (unpaired) electrons. The average molecular weight is 267 g/mol. The SMILES string of the molecule is C=C/C=C\C=C1/CN=C(C)N=C1Nc1ccc(O)cc1. The van der Waals surface area contributed by atoms with Crippen LogP contribution in [-0.2, 0) is 0 Å². The minimum Gasteiger partial charge on any atom is -0.508 e. The van der Waals surface area contributed by atoms with Gasteiger partial charge >= 0.3 is 0 Å². The Balaban J connectivity index is 2.22. The topological polar surface area (TPSA) is 57.0 Å². The number of aliphatic imine (C=N–C) groups is 2. The van der Waals surface area contributed by atoms with E-state index in [0.29, 0.717) is 6.54 Å². The van der Waals surface area contributed by atoms with Crippen molar-refractivity contribution in [2.45, 2.75) is 6.92 Å². The first-order valence-electron chi connectivity index (χ1n) is 6.33. The normalized spacial score (nSPS) is 16.9. The van der Waals surface area contributed by atoms with E-state index in [-0.39, 0.29) is 5.75 Å². The number of benzene rings is 1.